The topological polar surface area (TPSA) is 77.2 Å². The summed E-state index contributed by atoms with van der Waals surface area (Å²) in [6.07, 6.45) is 2.21. The van der Waals surface area contributed by atoms with E-state index in [2.05, 4.69) is 10.3 Å². The number of amides is 1. The highest BCUT2D eigenvalue weighted by Gasteiger charge is 2.31. The first-order valence-corrected chi connectivity index (χ1v) is 6.60. The van der Waals surface area contributed by atoms with Crippen LogP contribution in [0.2, 0.25) is 0 Å². The van der Waals surface area contributed by atoms with Crippen molar-refractivity contribution in [3.05, 3.63) is 23.0 Å². The zero-order valence-corrected chi connectivity index (χ0v) is 11.7. The molecule has 1 heterocycles. The summed E-state index contributed by atoms with van der Waals surface area (Å²) in [7, 11) is 1.95. The molecular formula is C14H21N3O2. The van der Waals surface area contributed by atoms with Crippen LogP contribution in [0, 0.1) is 19.8 Å². The van der Waals surface area contributed by atoms with E-state index in [-0.39, 0.29) is 6.10 Å². The number of carbonyl (C=O) groups is 1. The molecule has 1 aromatic rings. The molecule has 2 rings (SSSR count). The Kier molecular flexibility index (Phi) is 4.04. The van der Waals surface area contributed by atoms with Gasteiger partial charge in [0.15, 0.2) is 0 Å². The highest BCUT2D eigenvalue weighted by atomic mass is 16.5. The minimum Gasteiger partial charge on any atom is -0.489 e. The van der Waals surface area contributed by atoms with Crippen LogP contribution in [0.25, 0.3) is 0 Å². The largest absolute Gasteiger partial charge is 0.489 e. The maximum absolute atomic E-state index is 11.5. The van der Waals surface area contributed by atoms with Gasteiger partial charge in [-0.05, 0) is 46.2 Å². The fraction of sp³-hybridized carbons (Fsp3) is 0.571. The van der Waals surface area contributed by atoms with Crippen LogP contribution in [0.5, 0.6) is 5.75 Å². The van der Waals surface area contributed by atoms with Crippen LogP contribution in [0.3, 0.4) is 0 Å². The summed E-state index contributed by atoms with van der Waals surface area (Å²) in [6, 6.07) is 1.79. The van der Waals surface area contributed by atoms with Crippen LogP contribution >= 0.6 is 0 Å². The Morgan fingerprint density at radius 2 is 2.21 bits per heavy atom. The number of hydrogen-bond acceptors (Lipinski definition) is 4. The lowest BCUT2D eigenvalue weighted by molar-refractivity contribution is 0.0640. The fourth-order valence-electron chi connectivity index (χ4n) is 2.59. The lowest BCUT2D eigenvalue weighted by Crippen LogP contribution is -2.39. The molecule has 1 amide bonds. The molecule has 1 saturated carbocycles. The second-order valence-electron chi connectivity index (χ2n) is 5.22. The quantitative estimate of drug-likeness (QED) is 0.836. The van der Waals surface area contributed by atoms with E-state index in [4.69, 9.17) is 10.5 Å². The van der Waals surface area contributed by atoms with Gasteiger partial charge >= 0.3 is 0 Å². The van der Waals surface area contributed by atoms with E-state index in [1.165, 1.54) is 0 Å². The minimum absolute atomic E-state index is 0.178. The predicted octanol–water partition coefficient (Wildman–Crippen LogP) is 1.17. The van der Waals surface area contributed by atoms with Crippen molar-refractivity contribution in [2.45, 2.75) is 32.8 Å². The third-order valence-electron chi connectivity index (χ3n) is 3.52. The van der Waals surface area contributed by atoms with Gasteiger partial charge in [0.1, 0.15) is 11.3 Å². The third kappa shape index (κ3) is 3.04. The van der Waals surface area contributed by atoms with Gasteiger partial charge in [-0.25, -0.2) is 0 Å². The maximum Gasteiger partial charge on any atom is 0.254 e. The van der Waals surface area contributed by atoms with Gasteiger partial charge in [0.25, 0.3) is 5.91 Å². The Labute approximate surface area is 113 Å². The third-order valence-corrected chi connectivity index (χ3v) is 3.52. The zero-order chi connectivity index (χ0) is 14.0. The molecule has 0 spiro atoms. The van der Waals surface area contributed by atoms with E-state index in [1.807, 2.05) is 14.0 Å². The first-order chi connectivity index (χ1) is 9.01. The van der Waals surface area contributed by atoms with Crippen molar-refractivity contribution in [2.24, 2.45) is 11.7 Å². The fourth-order valence-corrected chi connectivity index (χ4v) is 2.59. The van der Waals surface area contributed by atoms with Gasteiger partial charge in [-0.3, -0.25) is 9.78 Å². The molecule has 0 aromatic carbocycles. The van der Waals surface area contributed by atoms with Crippen molar-refractivity contribution >= 4 is 5.91 Å². The van der Waals surface area contributed by atoms with Crippen molar-refractivity contribution in [3.8, 4) is 5.75 Å². The maximum atomic E-state index is 11.5. The molecular weight excluding hydrogens is 242 g/mol. The number of nitrogens with zero attached hydrogens (tertiary/aromatic N) is 1. The molecule has 104 valence electrons. The zero-order valence-electron chi connectivity index (χ0n) is 11.7. The van der Waals surface area contributed by atoms with E-state index in [0.717, 1.165) is 25.1 Å². The van der Waals surface area contributed by atoms with Gasteiger partial charge in [0, 0.05) is 11.8 Å². The Balaban J connectivity index is 2.10. The first-order valence-electron chi connectivity index (χ1n) is 6.60. The van der Waals surface area contributed by atoms with E-state index >= 15 is 0 Å². The first kappa shape index (κ1) is 13.8. The van der Waals surface area contributed by atoms with Crippen LogP contribution in [0.4, 0.5) is 0 Å². The molecule has 0 atom stereocenters. The molecule has 5 nitrogen and oxygen atoms in total. The number of nitrogens with two attached hydrogens (primary N) is 1. The van der Waals surface area contributed by atoms with Crippen LogP contribution < -0.4 is 15.8 Å². The van der Waals surface area contributed by atoms with Crippen molar-refractivity contribution in [3.63, 3.8) is 0 Å². The average molecular weight is 263 g/mol. The van der Waals surface area contributed by atoms with Gasteiger partial charge in [-0.2, -0.15) is 0 Å². The normalized spacial score (nSPS) is 21.8. The Bertz CT molecular complexity index is 482. The van der Waals surface area contributed by atoms with Gasteiger partial charge in [-0.15, -0.1) is 0 Å². The number of rotatable bonds is 5. The molecule has 5 heteroatoms. The molecule has 1 aliphatic rings. The summed E-state index contributed by atoms with van der Waals surface area (Å²) in [4.78, 5) is 15.8. The molecule has 1 aliphatic carbocycles. The molecule has 3 N–H and O–H groups in total. The molecule has 0 saturated heterocycles. The van der Waals surface area contributed by atoms with Crippen LogP contribution in [-0.4, -0.2) is 30.6 Å². The van der Waals surface area contributed by atoms with E-state index in [1.54, 1.807) is 13.0 Å². The second kappa shape index (κ2) is 5.57. The van der Waals surface area contributed by atoms with Gasteiger partial charge in [-0.1, -0.05) is 0 Å². The number of hydrogen-bond donors (Lipinski definition) is 2. The summed E-state index contributed by atoms with van der Waals surface area (Å²) in [5, 5.41) is 3.16. The average Bonchev–Trinajstić information content (AvgIpc) is 2.24. The van der Waals surface area contributed by atoms with Gasteiger partial charge in [0.05, 0.1) is 11.8 Å². The van der Waals surface area contributed by atoms with Crippen LogP contribution in [0.1, 0.15) is 34.6 Å². The summed E-state index contributed by atoms with van der Waals surface area (Å²) in [5.41, 5.74) is 7.28. The highest BCUT2D eigenvalue weighted by molar-refractivity contribution is 5.96. The standard InChI is InChI=1S/C14H21N3O2/c1-8-4-12(13(14(15)18)9(2)17-8)19-11-5-10(6-11)7-16-3/h4,10-11,16H,5-7H2,1-3H3,(H2,15,18). The number of aromatic nitrogens is 1. The lowest BCUT2D eigenvalue weighted by Gasteiger charge is -2.35. The summed E-state index contributed by atoms with van der Waals surface area (Å²) < 4.78 is 5.91. The highest BCUT2D eigenvalue weighted by Crippen LogP contribution is 2.33. The van der Waals surface area contributed by atoms with Crippen LogP contribution in [0.15, 0.2) is 6.07 Å². The Hall–Kier alpha value is -1.62. The smallest absolute Gasteiger partial charge is 0.254 e. The molecule has 0 bridgehead atoms. The summed E-state index contributed by atoms with van der Waals surface area (Å²) >= 11 is 0. The summed E-state index contributed by atoms with van der Waals surface area (Å²) in [5.74, 6) is 0.757. The Morgan fingerprint density at radius 3 is 2.79 bits per heavy atom. The number of nitrogens with one attached hydrogen (secondary N) is 1. The van der Waals surface area contributed by atoms with Crippen LogP contribution in [-0.2, 0) is 0 Å². The van der Waals surface area contributed by atoms with Crippen molar-refractivity contribution in [2.75, 3.05) is 13.6 Å². The Morgan fingerprint density at radius 1 is 1.53 bits per heavy atom. The molecule has 1 fully saturated rings. The molecule has 0 unspecified atom stereocenters. The van der Waals surface area contributed by atoms with Crippen molar-refractivity contribution in [1.29, 1.82) is 0 Å². The summed E-state index contributed by atoms with van der Waals surface area (Å²) in [6.45, 7) is 4.68. The monoisotopic (exact) mass is 263 g/mol. The number of primary amides is 1. The number of carbonyl (C=O) groups excluding carboxylic acids is 1. The van der Waals surface area contributed by atoms with Gasteiger partial charge < -0.3 is 15.8 Å². The predicted molar refractivity (Wildman–Crippen MR) is 73.3 cm³/mol. The second-order valence-corrected chi connectivity index (χ2v) is 5.22. The molecule has 0 aliphatic heterocycles. The number of pyridine rings is 1. The SMILES string of the molecule is CNCC1CC(Oc2cc(C)nc(C)c2C(N)=O)C1. The minimum atomic E-state index is -0.480. The lowest BCUT2D eigenvalue weighted by atomic mass is 9.82. The van der Waals surface area contributed by atoms with Crippen molar-refractivity contribution < 1.29 is 9.53 Å². The molecule has 1 aromatic heterocycles. The molecule has 0 radical (unpaired) electrons. The molecule has 19 heavy (non-hydrogen) atoms. The van der Waals surface area contributed by atoms with E-state index in [9.17, 15) is 4.79 Å². The van der Waals surface area contributed by atoms with E-state index in [0.29, 0.717) is 22.9 Å². The van der Waals surface area contributed by atoms with Crippen molar-refractivity contribution in [1.82, 2.24) is 10.3 Å². The van der Waals surface area contributed by atoms with E-state index < -0.39 is 5.91 Å². The number of aryl methyl sites for hydroxylation is 2. The van der Waals surface area contributed by atoms with Gasteiger partial charge in [0.2, 0.25) is 0 Å². The number of ether oxygens (including phenoxy) is 1.